The fourth-order valence-corrected chi connectivity index (χ4v) is 2.19. The highest BCUT2D eigenvalue weighted by atomic mass is 16.7. The van der Waals surface area contributed by atoms with Gasteiger partial charge in [0, 0.05) is 23.6 Å². The Bertz CT molecular complexity index is 853. The van der Waals surface area contributed by atoms with E-state index < -0.39 is 0 Å². The molecular weight excluding hydrogens is 276 g/mol. The van der Waals surface area contributed by atoms with Gasteiger partial charge >= 0.3 is 0 Å². The smallest absolute Gasteiger partial charge is 0.188 e. The molecule has 4 nitrogen and oxygen atoms in total. The number of rotatable bonds is 4. The summed E-state index contributed by atoms with van der Waals surface area (Å²) in [5.41, 5.74) is 3.21. The van der Waals surface area contributed by atoms with Crippen molar-refractivity contribution in [3.63, 3.8) is 0 Å². The molecule has 1 aromatic heterocycles. The van der Waals surface area contributed by atoms with Crippen molar-refractivity contribution in [1.82, 2.24) is 10.2 Å². The largest absolute Gasteiger partial charge is 0.467 e. The average molecular weight is 290 g/mol. The third-order valence-corrected chi connectivity index (χ3v) is 3.25. The number of terminal acetylenes is 1. The second kappa shape index (κ2) is 6.25. The molecule has 0 aliphatic carbocycles. The summed E-state index contributed by atoms with van der Waals surface area (Å²) in [6, 6.07) is 15.2. The van der Waals surface area contributed by atoms with Gasteiger partial charge in [-0.05, 0) is 36.4 Å². The standard InChI is InChI=1S/C18H14N2O2/c1-3-13-8-9-16-14(10-13)11-17(20-19-16)15-6-4-5-7-18(15)22-12-21-2/h1,4-11H,12H2,2H3. The minimum atomic E-state index is 0.180. The van der Waals surface area contributed by atoms with Crippen LogP contribution in [0.2, 0.25) is 0 Å². The molecule has 0 amide bonds. The van der Waals surface area contributed by atoms with Gasteiger partial charge < -0.3 is 9.47 Å². The van der Waals surface area contributed by atoms with Crippen molar-refractivity contribution in [1.29, 1.82) is 0 Å². The molecule has 0 aliphatic rings. The quantitative estimate of drug-likeness (QED) is 0.546. The summed E-state index contributed by atoms with van der Waals surface area (Å²) in [5, 5.41) is 9.47. The van der Waals surface area contributed by atoms with Gasteiger partial charge in [-0.1, -0.05) is 18.1 Å². The zero-order chi connectivity index (χ0) is 15.4. The number of methoxy groups -OCH3 is 1. The number of benzene rings is 2. The lowest BCUT2D eigenvalue weighted by Gasteiger charge is -2.10. The first-order chi connectivity index (χ1) is 10.8. The van der Waals surface area contributed by atoms with Crippen LogP contribution in [-0.2, 0) is 4.74 Å². The van der Waals surface area contributed by atoms with E-state index in [1.165, 1.54) is 0 Å². The Morgan fingerprint density at radius 1 is 1.09 bits per heavy atom. The van der Waals surface area contributed by atoms with Crippen molar-refractivity contribution in [3.8, 4) is 29.4 Å². The summed E-state index contributed by atoms with van der Waals surface area (Å²) < 4.78 is 10.5. The maximum Gasteiger partial charge on any atom is 0.188 e. The molecule has 0 bridgehead atoms. The van der Waals surface area contributed by atoms with Crippen LogP contribution < -0.4 is 4.74 Å². The first-order valence-corrected chi connectivity index (χ1v) is 6.77. The molecular formula is C18H14N2O2. The lowest BCUT2D eigenvalue weighted by atomic mass is 10.1. The highest BCUT2D eigenvalue weighted by Crippen LogP contribution is 2.29. The Morgan fingerprint density at radius 2 is 1.95 bits per heavy atom. The van der Waals surface area contributed by atoms with E-state index in [1.807, 2.05) is 48.5 Å². The maximum atomic E-state index is 5.58. The van der Waals surface area contributed by atoms with Crippen LogP contribution in [0.1, 0.15) is 5.56 Å². The van der Waals surface area contributed by atoms with Gasteiger partial charge in [-0.25, -0.2) is 0 Å². The summed E-state index contributed by atoms with van der Waals surface area (Å²) in [6.45, 7) is 0.180. The maximum absolute atomic E-state index is 5.58. The van der Waals surface area contributed by atoms with Gasteiger partial charge in [0.25, 0.3) is 0 Å². The van der Waals surface area contributed by atoms with Crippen molar-refractivity contribution in [2.45, 2.75) is 0 Å². The molecule has 0 radical (unpaired) electrons. The predicted molar refractivity (Wildman–Crippen MR) is 85.4 cm³/mol. The minimum absolute atomic E-state index is 0.180. The van der Waals surface area contributed by atoms with Crippen molar-refractivity contribution < 1.29 is 9.47 Å². The third kappa shape index (κ3) is 2.76. The molecule has 0 atom stereocenters. The average Bonchev–Trinajstić information content (AvgIpc) is 2.59. The number of nitrogens with zero attached hydrogens (tertiary/aromatic N) is 2. The van der Waals surface area contributed by atoms with Crippen molar-refractivity contribution in [2.75, 3.05) is 13.9 Å². The zero-order valence-electron chi connectivity index (χ0n) is 12.1. The van der Waals surface area contributed by atoms with Crippen LogP contribution in [-0.4, -0.2) is 24.1 Å². The molecule has 4 heteroatoms. The van der Waals surface area contributed by atoms with Crippen molar-refractivity contribution in [2.24, 2.45) is 0 Å². The van der Waals surface area contributed by atoms with E-state index in [4.69, 9.17) is 15.9 Å². The van der Waals surface area contributed by atoms with E-state index in [1.54, 1.807) is 7.11 Å². The first kappa shape index (κ1) is 14.1. The van der Waals surface area contributed by atoms with Gasteiger partial charge in [-0.2, -0.15) is 0 Å². The molecule has 0 spiro atoms. The SMILES string of the molecule is C#Cc1ccc2nnc(-c3ccccc3OCOC)cc2c1. The van der Waals surface area contributed by atoms with Crippen LogP contribution in [0.25, 0.3) is 22.2 Å². The number of para-hydroxylation sites is 1. The molecule has 0 unspecified atom stereocenters. The van der Waals surface area contributed by atoms with Gasteiger partial charge in [0.05, 0.1) is 11.2 Å². The van der Waals surface area contributed by atoms with Crippen LogP contribution >= 0.6 is 0 Å². The first-order valence-electron chi connectivity index (χ1n) is 6.77. The normalized spacial score (nSPS) is 10.4. The van der Waals surface area contributed by atoms with Gasteiger partial charge in [0.1, 0.15) is 5.75 Å². The number of aromatic nitrogens is 2. The highest BCUT2D eigenvalue weighted by Gasteiger charge is 2.09. The second-order valence-electron chi connectivity index (χ2n) is 4.69. The van der Waals surface area contributed by atoms with E-state index in [2.05, 4.69) is 16.1 Å². The van der Waals surface area contributed by atoms with E-state index in [-0.39, 0.29) is 6.79 Å². The summed E-state index contributed by atoms with van der Waals surface area (Å²) in [7, 11) is 1.58. The molecule has 0 saturated heterocycles. The van der Waals surface area contributed by atoms with Crippen molar-refractivity contribution in [3.05, 3.63) is 54.1 Å². The Labute approximate surface area is 128 Å². The molecule has 0 fully saturated rings. The summed E-state index contributed by atoms with van der Waals surface area (Å²) in [4.78, 5) is 0. The minimum Gasteiger partial charge on any atom is -0.467 e. The monoisotopic (exact) mass is 290 g/mol. The number of hydrogen-bond donors (Lipinski definition) is 0. The van der Waals surface area contributed by atoms with Gasteiger partial charge in [-0.3, -0.25) is 0 Å². The molecule has 0 N–H and O–H groups in total. The predicted octanol–water partition coefficient (Wildman–Crippen LogP) is 3.26. The summed E-state index contributed by atoms with van der Waals surface area (Å²) in [5.74, 6) is 3.33. The van der Waals surface area contributed by atoms with Crippen LogP contribution in [0.15, 0.2) is 48.5 Å². The Balaban J connectivity index is 2.08. The topological polar surface area (TPSA) is 44.2 Å². The summed E-state index contributed by atoms with van der Waals surface area (Å²) >= 11 is 0. The second-order valence-corrected chi connectivity index (χ2v) is 4.69. The molecule has 3 rings (SSSR count). The van der Waals surface area contributed by atoms with E-state index >= 15 is 0 Å². The number of fused-ring (bicyclic) bond motifs is 1. The molecule has 0 saturated carbocycles. The van der Waals surface area contributed by atoms with Crippen LogP contribution in [0.3, 0.4) is 0 Å². The molecule has 22 heavy (non-hydrogen) atoms. The molecule has 108 valence electrons. The van der Waals surface area contributed by atoms with Gasteiger partial charge in [0.15, 0.2) is 6.79 Å². The fourth-order valence-electron chi connectivity index (χ4n) is 2.19. The molecule has 1 heterocycles. The van der Waals surface area contributed by atoms with Gasteiger partial charge in [-0.15, -0.1) is 16.6 Å². The number of hydrogen-bond acceptors (Lipinski definition) is 4. The van der Waals surface area contributed by atoms with E-state index in [0.29, 0.717) is 5.75 Å². The molecule has 3 aromatic rings. The lowest BCUT2D eigenvalue weighted by molar-refractivity contribution is 0.0515. The van der Waals surface area contributed by atoms with Crippen LogP contribution in [0.4, 0.5) is 0 Å². The molecule has 0 aliphatic heterocycles. The Hall–Kier alpha value is -2.90. The van der Waals surface area contributed by atoms with Gasteiger partial charge in [0.2, 0.25) is 0 Å². The molecule has 2 aromatic carbocycles. The Morgan fingerprint density at radius 3 is 2.77 bits per heavy atom. The number of ether oxygens (including phenoxy) is 2. The highest BCUT2D eigenvalue weighted by molar-refractivity contribution is 5.84. The van der Waals surface area contributed by atoms with E-state index in [9.17, 15) is 0 Å². The lowest BCUT2D eigenvalue weighted by Crippen LogP contribution is -2.00. The fraction of sp³-hybridized carbons (Fsp3) is 0.111. The zero-order valence-corrected chi connectivity index (χ0v) is 12.1. The van der Waals surface area contributed by atoms with E-state index in [0.717, 1.165) is 27.7 Å². The van der Waals surface area contributed by atoms with Crippen molar-refractivity contribution >= 4 is 10.9 Å². The third-order valence-electron chi connectivity index (χ3n) is 3.25. The van der Waals surface area contributed by atoms with Crippen LogP contribution in [0, 0.1) is 12.3 Å². The summed E-state index contributed by atoms with van der Waals surface area (Å²) in [6.07, 6.45) is 5.45. The van der Waals surface area contributed by atoms with Crippen LogP contribution in [0.5, 0.6) is 5.75 Å². The Kier molecular flexibility index (Phi) is 3.99.